The molecule has 1 atom stereocenters. The standard InChI is InChI=1S/C30H22ClF3N4O3S2/c31-21-6-4-17(13-23(21)33)19-12-18(5-7-22(19)32)28-20(9-16-3-8-27(43(35)41)24(34)10-16)26(11-15-1-2-15)38(37-28)30-36-25(14-42-30)29(39)40/h3-8,10,12-15,41H,1-2,9,11,35H2/p+1. The lowest BCUT2D eigenvalue weighted by molar-refractivity contribution is 0.0691. The molecule has 220 valence electrons. The number of rotatable bonds is 9. The molecule has 0 aliphatic heterocycles. The van der Waals surface area contributed by atoms with Gasteiger partial charge in [-0.15, -0.1) is 16.5 Å². The Labute approximate surface area is 256 Å². The van der Waals surface area contributed by atoms with Gasteiger partial charge in [0.15, 0.2) is 11.5 Å². The minimum atomic E-state index is -1.75. The fraction of sp³-hybridized carbons (Fsp3) is 0.167. The molecule has 0 spiro atoms. The maximum absolute atomic E-state index is 15.1. The highest BCUT2D eigenvalue weighted by molar-refractivity contribution is 7.89. The van der Waals surface area contributed by atoms with E-state index >= 15 is 4.39 Å². The first kappa shape index (κ1) is 29.4. The second-order valence-electron chi connectivity index (χ2n) is 10.2. The minimum Gasteiger partial charge on any atom is -0.476 e. The molecule has 13 heteroatoms. The Morgan fingerprint density at radius 3 is 2.47 bits per heavy atom. The van der Waals surface area contributed by atoms with Gasteiger partial charge < -0.3 is 5.11 Å². The van der Waals surface area contributed by atoms with Crippen LogP contribution < -0.4 is 5.14 Å². The van der Waals surface area contributed by atoms with E-state index in [9.17, 15) is 23.2 Å². The van der Waals surface area contributed by atoms with Gasteiger partial charge in [0.2, 0.25) is 10.0 Å². The molecule has 1 aliphatic carbocycles. The Bertz CT molecular complexity index is 1870. The smallest absolute Gasteiger partial charge is 0.355 e. The number of nitrogens with zero attached hydrogens (tertiary/aromatic N) is 3. The number of aromatic nitrogens is 3. The van der Waals surface area contributed by atoms with Crippen LogP contribution in [0.3, 0.4) is 0 Å². The van der Waals surface area contributed by atoms with Crippen molar-refractivity contribution in [1.82, 2.24) is 14.8 Å². The second kappa shape index (κ2) is 11.8. The summed E-state index contributed by atoms with van der Waals surface area (Å²) < 4.78 is 55.6. The molecule has 43 heavy (non-hydrogen) atoms. The predicted octanol–water partition coefficient (Wildman–Crippen LogP) is 7.30. The summed E-state index contributed by atoms with van der Waals surface area (Å²) in [6.07, 6.45) is 2.86. The number of hydrogen-bond donors (Lipinski definition) is 3. The molecule has 1 saturated carbocycles. The molecule has 7 nitrogen and oxygen atoms in total. The molecule has 1 fully saturated rings. The lowest BCUT2D eigenvalue weighted by Crippen LogP contribution is -2.13. The summed E-state index contributed by atoms with van der Waals surface area (Å²) in [5.74, 6) is -2.70. The van der Waals surface area contributed by atoms with Crippen molar-refractivity contribution in [3.8, 4) is 27.5 Å². The number of hydrogen-bond acceptors (Lipinski definition) is 6. The van der Waals surface area contributed by atoms with Crippen molar-refractivity contribution in [2.45, 2.75) is 30.6 Å². The molecule has 1 aliphatic rings. The Morgan fingerprint density at radius 2 is 1.81 bits per heavy atom. The summed E-state index contributed by atoms with van der Waals surface area (Å²) in [5.41, 5.74) is 3.35. The summed E-state index contributed by atoms with van der Waals surface area (Å²) in [6, 6.07) is 12.8. The van der Waals surface area contributed by atoms with Crippen LogP contribution in [-0.4, -0.2) is 30.4 Å². The predicted molar refractivity (Wildman–Crippen MR) is 160 cm³/mol. The molecule has 1 unspecified atom stereocenters. The third-order valence-electron chi connectivity index (χ3n) is 7.23. The van der Waals surface area contributed by atoms with E-state index in [1.807, 2.05) is 0 Å². The molecular formula is C30H23ClF3N4O3S2+. The zero-order valence-electron chi connectivity index (χ0n) is 22.2. The number of carbonyl (C=O) groups is 1. The van der Waals surface area contributed by atoms with Gasteiger partial charge in [0.05, 0.1) is 16.4 Å². The molecule has 4 N–H and O–H groups in total. The molecule has 2 aromatic heterocycles. The van der Waals surface area contributed by atoms with Gasteiger partial charge in [0, 0.05) is 34.6 Å². The molecule has 3 aromatic carbocycles. The van der Waals surface area contributed by atoms with Crippen molar-refractivity contribution in [3.63, 3.8) is 0 Å². The summed E-state index contributed by atoms with van der Waals surface area (Å²) in [6.45, 7) is 0. The van der Waals surface area contributed by atoms with Gasteiger partial charge in [-0.1, -0.05) is 23.7 Å². The summed E-state index contributed by atoms with van der Waals surface area (Å²) in [4.78, 5) is 15.8. The zero-order chi connectivity index (χ0) is 30.4. The molecule has 0 saturated heterocycles. The maximum Gasteiger partial charge on any atom is 0.355 e. The van der Waals surface area contributed by atoms with Crippen LogP contribution in [0, 0.1) is 23.4 Å². The van der Waals surface area contributed by atoms with Gasteiger partial charge in [-0.05, 0) is 72.7 Å². The van der Waals surface area contributed by atoms with Gasteiger partial charge in [-0.2, -0.15) is 9.65 Å². The van der Waals surface area contributed by atoms with Crippen LogP contribution in [0.1, 0.15) is 40.2 Å². The average molecular weight is 644 g/mol. The highest BCUT2D eigenvalue weighted by Crippen LogP contribution is 2.39. The van der Waals surface area contributed by atoms with Crippen LogP contribution in [0.25, 0.3) is 27.5 Å². The van der Waals surface area contributed by atoms with Crippen molar-refractivity contribution in [1.29, 1.82) is 0 Å². The topological polar surface area (TPSA) is 114 Å². The summed E-state index contributed by atoms with van der Waals surface area (Å²) in [7, 11) is 0. The number of carboxylic acids is 1. The Morgan fingerprint density at radius 1 is 1.05 bits per heavy atom. The Hall–Kier alpha value is -3.68. The first-order chi connectivity index (χ1) is 20.6. The highest BCUT2D eigenvalue weighted by atomic mass is 35.5. The van der Waals surface area contributed by atoms with E-state index < -0.39 is 34.8 Å². The molecule has 0 bridgehead atoms. The highest BCUT2D eigenvalue weighted by Gasteiger charge is 2.30. The van der Waals surface area contributed by atoms with Gasteiger partial charge in [0.25, 0.3) is 11.4 Å². The van der Waals surface area contributed by atoms with E-state index in [2.05, 4.69) is 4.98 Å². The van der Waals surface area contributed by atoms with E-state index in [1.54, 1.807) is 22.9 Å². The number of thiazole rings is 1. The molecule has 0 radical (unpaired) electrons. The maximum atomic E-state index is 15.1. The fourth-order valence-corrected chi connectivity index (χ4v) is 6.27. The fourth-order valence-electron chi connectivity index (χ4n) is 4.91. The van der Waals surface area contributed by atoms with Gasteiger partial charge >= 0.3 is 5.97 Å². The Balaban J connectivity index is 1.54. The normalized spacial score (nSPS) is 13.8. The quantitative estimate of drug-likeness (QED) is 0.145. The first-order valence-electron chi connectivity index (χ1n) is 13.1. The monoisotopic (exact) mass is 643 g/mol. The van der Waals surface area contributed by atoms with Crippen molar-refractivity contribution < 1.29 is 27.6 Å². The van der Waals surface area contributed by atoms with Crippen LogP contribution in [0.4, 0.5) is 13.2 Å². The van der Waals surface area contributed by atoms with Crippen molar-refractivity contribution >= 4 is 40.3 Å². The molecule has 0 amide bonds. The third kappa shape index (κ3) is 6.06. The molecule has 6 rings (SSSR count). The summed E-state index contributed by atoms with van der Waals surface area (Å²) in [5, 5.41) is 21.5. The lowest BCUT2D eigenvalue weighted by atomic mass is 9.95. The van der Waals surface area contributed by atoms with Crippen molar-refractivity contribution in [2.24, 2.45) is 11.1 Å². The van der Waals surface area contributed by atoms with E-state index in [4.69, 9.17) is 21.8 Å². The van der Waals surface area contributed by atoms with E-state index in [0.29, 0.717) is 34.3 Å². The minimum absolute atomic E-state index is 0.0137. The van der Waals surface area contributed by atoms with Gasteiger partial charge in [-0.3, -0.25) is 0 Å². The molecular weight excluding hydrogens is 621 g/mol. The van der Waals surface area contributed by atoms with Gasteiger partial charge in [0.1, 0.15) is 11.6 Å². The molecule has 5 aromatic rings. The largest absolute Gasteiger partial charge is 0.476 e. The van der Waals surface area contributed by atoms with E-state index in [1.165, 1.54) is 35.7 Å². The average Bonchev–Trinajstić information content (AvgIpc) is 3.53. The van der Waals surface area contributed by atoms with Crippen LogP contribution in [0.5, 0.6) is 0 Å². The lowest BCUT2D eigenvalue weighted by Gasteiger charge is -2.10. The zero-order valence-corrected chi connectivity index (χ0v) is 24.6. The number of benzene rings is 3. The van der Waals surface area contributed by atoms with E-state index in [0.717, 1.165) is 41.5 Å². The summed E-state index contributed by atoms with van der Waals surface area (Å²) >= 11 is 5.22. The van der Waals surface area contributed by atoms with Crippen LogP contribution in [0.15, 0.2) is 64.9 Å². The second-order valence-corrected chi connectivity index (χ2v) is 12.5. The number of halogens is 4. The van der Waals surface area contributed by atoms with Gasteiger partial charge in [-0.25, -0.2) is 27.6 Å². The van der Waals surface area contributed by atoms with Crippen molar-refractivity contribution in [2.75, 3.05) is 0 Å². The van der Waals surface area contributed by atoms with E-state index in [-0.39, 0.29) is 33.2 Å². The number of carboxylic acid groups (broad SMARTS) is 1. The SMILES string of the molecule is N[S+](O)c1ccc(Cc2c(-c3ccc(F)c(-c4ccc(Cl)c(F)c4)c3)nn(-c3nc(C(=O)O)cs3)c2CC2CC2)cc1F. The third-order valence-corrected chi connectivity index (χ3v) is 9.14. The number of nitrogens with two attached hydrogens (primary N) is 1. The Kier molecular flexibility index (Phi) is 8.05. The van der Waals surface area contributed by atoms with Crippen LogP contribution in [0.2, 0.25) is 5.02 Å². The first-order valence-corrected chi connectivity index (χ1v) is 15.6. The van der Waals surface area contributed by atoms with Crippen LogP contribution in [-0.2, 0) is 24.2 Å². The van der Waals surface area contributed by atoms with Crippen molar-refractivity contribution in [3.05, 3.63) is 105 Å². The van der Waals surface area contributed by atoms with Crippen LogP contribution >= 0.6 is 22.9 Å². The number of aromatic carboxylic acids is 1. The molecule has 2 heterocycles.